The molecule has 5 aromatic carbocycles. The zero-order valence-electron chi connectivity index (χ0n) is 30.0. The van der Waals surface area contributed by atoms with Crippen molar-refractivity contribution in [2.45, 2.75) is 44.5 Å². The van der Waals surface area contributed by atoms with E-state index in [1.807, 2.05) is 48.0 Å². The first-order chi connectivity index (χ1) is 24.1. The summed E-state index contributed by atoms with van der Waals surface area (Å²) < 4.78 is 4.02. The normalized spacial score (nSPS) is 11.4. The molecular weight excluding hydrogens is 877 g/mol. The van der Waals surface area contributed by atoms with Gasteiger partial charge in [0.25, 0.3) is 0 Å². The Balaban J connectivity index is 0.000000222. The summed E-state index contributed by atoms with van der Waals surface area (Å²) in [7, 11) is 0. The van der Waals surface area contributed by atoms with Crippen LogP contribution >= 0.6 is 11.3 Å². The maximum absolute atomic E-state index is 4.75. The molecule has 0 aliphatic carbocycles. The fraction of sp³-hybridized carbons (Fsp3) is 0.174. The zero-order valence-corrected chi connectivity index (χ0v) is 35.4. The molecule has 0 spiro atoms. The van der Waals surface area contributed by atoms with Gasteiger partial charge in [0.05, 0.1) is 0 Å². The van der Waals surface area contributed by atoms with E-state index in [-0.39, 0.29) is 20.1 Å². The van der Waals surface area contributed by atoms with Gasteiger partial charge in [-0.3, -0.25) is 0 Å². The molecule has 0 fully saturated rings. The van der Waals surface area contributed by atoms with E-state index in [4.69, 9.17) is 4.98 Å². The van der Waals surface area contributed by atoms with Crippen molar-refractivity contribution >= 4 is 59.9 Å². The Morgan fingerprint density at radius 3 is 2.29 bits per heavy atom. The molecule has 0 atom stereocenters. The van der Waals surface area contributed by atoms with E-state index in [0.717, 1.165) is 34.5 Å². The number of hydrogen-bond acceptors (Lipinski definition) is 3. The molecule has 3 heterocycles. The van der Waals surface area contributed by atoms with Crippen molar-refractivity contribution < 1.29 is 20.1 Å². The Hall–Kier alpha value is -3.93. The van der Waals surface area contributed by atoms with Gasteiger partial charge >= 0.3 is 99.8 Å². The number of nitrogens with zero attached hydrogens (tertiary/aromatic N) is 2. The molecule has 0 amide bonds. The fourth-order valence-corrected chi connectivity index (χ4v) is 9.88. The molecule has 0 bridgehead atoms. The number of pyridine rings is 2. The molecule has 0 saturated carbocycles. The second kappa shape index (κ2) is 15.8. The van der Waals surface area contributed by atoms with E-state index in [1.165, 1.54) is 52.0 Å². The van der Waals surface area contributed by atoms with E-state index in [1.54, 1.807) is 0 Å². The van der Waals surface area contributed by atoms with Crippen molar-refractivity contribution in [2.24, 2.45) is 5.92 Å². The molecule has 2 nitrogen and oxygen atoms in total. The standard InChI is InChI=1S/C32H26NS.C14H16GeN.Ir/c1-20(2)15-22-13-14-33-30(18-22)29-17-21(3)16-28-27-19-24(11-12-31(27)34-32(28)29)26-10-6-8-23-7-4-5-9-25(23)26;1-15(2,3)13-9-10-14(16-11-13)12-7-5-4-6-8-12;/h4-14,16,18-20H,15H2,1-3H3;4-7,9-11H,1-3H3;/q2*-1;. The van der Waals surface area contributed by atoms with E-state index in [2.05, 4.69) is 146 Å². The maximum Gasteiger partial charge on any atom is 0 e. The number of rotatable bonds is 6. The number of fused-ring (bicyclic) bond motifs is 4. The summed E-state index contributed by atoms with van der Waals surface area (Å²) in [5, 5.41) is 5.17. The molecule has 1 radical (unpaired) electrons. The summed E-state index contributed by atoms with van der Waals surface area (Å²) >= 11 is 0.132. The molecular formula is C46H42GeIrN2S-2. The number of hydrogen-bond donors (Lipinski definition) is 0. The maximum atomic E-state index is 4.75. The van der Waals surface area contributed by atoms with Crippen molar-refractivity contribution in [1.82, 2.24) is 9.97 Å². The van der Waals surface area contributed by atoms with Crippen LogP contribution in [-0.4, -0.2) is 23.2 Å². The van der Waals surface area contributed by atoms with E-state index >= 15 is 0 Å². The molecule has 0 N–H and O–H groups in total. The SMILES string of the molecule is Cc1[c-]c(-c2cc(CC(C)C)ccn2)c2sc3ccc(-c4cccc5ccccc45)cc3c2c1.[CH3][Ge]([CH3])([CH3])[c]1ccc(-c2[c-]cccc2)nc1.[Ir]. The topological polar surface area (TPSA) is 25.8 Å². The van der Waals surface area contributed by atoms with Gasteiger partial charge in [-0.1, -0.05) is 86.3 Å². The Labute approximate surface area is 322 Å². The third-order valence-electron chi connectivity index (χ3n) is 9.08. The van der Waals surface area contributed by atoms with E-state index in [9.17, 15) is 0 Å². The first-order valence-corrected chi connectivity index (χ1v) is 25.6. The summed E-state index contributed by atoms with van der Waals surface area (Å²) in [6.45, 7) is 6.66. The van der Waals surface area contributed by atoms with Gasteiger partial charge in [-0.05, 0) is 68.2 Å². The van der Waals surface area contributed by atoms with Crippen LogP contribution in [0.5, 0.6) is 0 Å². The smallest absolute Gasteiger partial charge is 0 e. The van der Waals surface area contributed by atoms with Crippen molar-refractivity contribution in [2.75, 3.05) is 0 Å². The molecule has 0 aliphatic heterocycles. The number of aryl methyl sites for hydroxylation is 1. The number of aromatic nitrogens is 2. The van der Waals surface area contributed by atoms with Gasteiger partial charge in [-0.2, -0.15) is 11.3 Å². The van der Waals surface area contributed by atoms with Crippen molar-refractivity contribution in [3.8, 4) is 33.6 Å². The number of thiophene rings is 1. The largest absolute Gasteiger partial charge is 0 e. The van der Waals surface area contributed by atoms with Crippen LogP contribution in [0, 0.1) is 25.0 Å². The van der Waals surface area contributed by atoms with Gasteiger partial charge in [-0.15, -0.1) is 23.3 Å². The van der Waals surface area contributed by atoms with Gasteiger partial charge < -0.3 is 4.98 Å². The molecule has 5 heteroatoms. The van der Waals surface area contributed by atoms with Gasteiger partial charge in [0.15, 0.2) is 0 Å². The summed E-state index contributed by atoms with van der Waals surface area (Å²) in [5.74, 6) is 7.76. The van der Waals surface area contributed by atoms with Gasteiger partial charge in [0, 0.05) is 31.0 Å². The summed E-state index contributed by atoms with van der Waals surface area (Å²) in [4.78, 5) is 9.28. The Bertz CT molecular complexity index is 2420. The molecule has 0 unspecified atom stereocenters. The minimum atomic E-state index is -1.72. The van der Waals surface area contributed by atoms with Gasteiger partial charge in [0.1, 0.15) is 0 Å². The third kappa shape index (κ3) is 8.26. The Kier molecular flexibility index (Phi) is 11.4. The quantitative estimate of drug-likeness (QED) is 0.123. The van der Waals surface area contributed by atoms with E-state index in [0.29, 0.717) is 5.92 Å². The molecule has 8 aromatic rings. The average molecular weight is 920 g/mol. The summed E-state index contributed by atoms with van der Waals surface area (Å²) in [6.07, 6.45) is 5.04. The first kappa shape index (κ1) is 36.8. The van der Waals surface area contributed by atoms with Crippen LogP contribution in [0.2, 0.25) is 17.3 Å². The Morgan fingerprint density at radius 2 is 1.55 bits per heavy atom. The first-order valence-electron chi connectivity index (χ1n) is 17.4. The summed E-state index contributed by atoms with van der Waals surface area (Å²) in [6, 6.07) is 47.9. The molecule has 257 valence electrons. The van der Waals surface area contributed by atoms with Crippen molar-refractivity contribution in [3.05, 3.63) is 151 Å². The molecule has 51 heavy (non-hydrogen) atoms. The van der Waals surface area contributed by atoms with E-state index < -0.39 is 13.3 Å². The molecule has 0 aliphatic rings. The van der Waals surface area contributed by atoms with Crippen LogP contribution in [0.3, 0.4) is 0 Å². The third-order valence-corrected chi connectivity index (χ3v) is 14.5. The molecule has 0 saturated heterocycles. The summed E-state index contributed by atoms with van der Waals surface area (Å²) in [5.41, 5.74) is 9.24. The molecule has 8 rings (SSSR count). The van der Waals surface area contributed by atoms with Gasteiger partial charge in [-0.25, -0.2) is 0 Å². The monoisotopic (exact) mass is 921 g/mol. The van der Waals surface area contributed by atoms with Crippen LogP contribution < -0.4 is 4.40 Å². The Morgan fingerprint density at radius 1 is 0.745 bits per heavy atom. The van der Waals surface area contributed by atoms with Crippen molar-refractivity contribution in [3.63, 3.8) is 0 Å². The second-order valence-corrected chi connectivity index (χ2v) is 26.2. The zero-order chi connectivity index (χ0) is 34.8. The predicted molar refractivity (Wildman–Crippen MR) is 219 cm³/mol. The van der Waals surface area contributed by atoms with Gasteiger partial charge in [0.2, 0.25) is 0 Å². The second-order valence-electron chi connectivity index (χ2n) is 14.5. The number of benzene rings is 5. The minimum absolute atomic E-state index is 0. The van der Waals surface area contributed by atoms with Crippen molar-refractivity contribution in [1.29, 1.82) is 0 Å². The van der Waals surface area contributed by atoms with Crippen LogP contribution in [0.1, 0.15) is 25.0 Å². The average Bonchev–Trinajstić information content (AvgIpc) is 3.49. The molecule has 3 aromatic heterocycles. The predicted octanol–water partition coefficient (Wildman–Crippen LogP) is 12.3. The fourth-order valence-electron chi connectivity index (χ4n) is 6.54. The minimum Gasteiger partial charge on any atom is 0 e. The van der Waals surface area contributed by atoms with Crippen LogP contribution in [0.4, 0.5) is 0 Å². The van der Waals surface area contributed by atoms with Crippen LogP contribution in [0.15, 0.2) is 128 Å². The van der Waals surface area contributed by atoms with Crippen LogP contribution in [0.25, 0.3) is 64.6 Å². The van der Waals surface area contributed by atoms with Crippen LogP contribution in [-0.2, 0) is 26.5 Å².